The number of hydrogen-bond acceptors (Lipinski definition) is 6. The predicted molar refractivity (Wildman–Crippen MR) is 123 cm³/mol. The zero-order valence-electron chi connectivity index (χ0n) is 18.4. The van der Waals surface area contributed by atoms with Gasteiger partial charge < -0.3 is 9.32 Å². The lowest BCUT2D eigenvalue weighted by Crippen LogP contribution is -2.43. The van der Waals surface area contributed by atoms with Crippen molar-refractivity contribution in [1.29, 1.82) is 0 Å². The maximum atomic E-state index is 13.4. The standard InChI is InChI=1S/C24H29FN4O2S/c1-2-10-29(16-22-26-27-24(31-22)21-7-4-13-32-21)23(30)17-28-11-8-18(9-12-28)14-19-5-3-6-20(25)15-19/h3-7,13,15,18H,2,8-12,14,16-17H2,1H3. The Labute approximate surface area is 192 Å². The molecule has 3 heterocycles. The van der Waals surface area contributed by atoms with Crippen LogP contribution >= 0.6 is 11.3 Å². The number of halogens is 1. The Morgan fingerprint density at radius 3 is 2.81 bits per heavy atom. The number of aromatic nitrogens is 2. The summed E-state index contributed by atoms with van der Waals surface area (Å²) in [5.74, 6) is 1.41. The van der Waals surface area contributed by atoms with Crippen molar-refractivity contribution in [3.8, 4) is 10.8 Å². The van der Waals surface area contributed by atoms with E-state index < -0.39 is 0 Å². The Kier molecular flexibility index (Phi) is 7.65. The van der Waals surface area contributed by atoms with Crippen molar-refractivity contribution < 1.29 is 13.6 Å². The van der Waals surface area contributed by atoms with E-state index in [1.54, 1.807) is 23.5 Å². The van der Waals surface area contributed by atoms with Gasteiger partial charge >= 0.3 is 0 Å². The molecule has 0 bridgehead atoms. The molecule has 2 aromatic heterocycles. The number of carbonyl (C=O) groups excluding carboxylic acids is 1. The second-order valence-corrected chi connectivity index (χ2v) is 9.29. The number of benzene rings is 1. The van der Waals surface area contributed by atoms with Crippen LogP contribution in [0.3, 0.4) is 0 Å². The van der Waals surface area contributed by atoms with Gasteiger partial charge in [0.15, 0.2) is 0 Å². The molecule has 1 amide bonds. The van der Waals surface area contributed by atoms with Crippen LogP contribution in [0.4, 0.5) is 4.39 Å². The molecular formula is C24H29FN4O2S. The maximum absolute atomic E-state index is 13.4. The van der Waals surface area contributed by atoms with E-state index in [1.807, 2.05) is 28.5 Å². The monoisotopic (exact) mass is 456 g/mol. The summed E-state index contributed by atoms with van der Waals surface area (Å²) < 4.78 is 19.2. The molecule has 0 N–H and O–H groups in total. The molecule has 0 atom stereocenters. The maximum Gasteiger partial charge on any atom is 0.257 e. The third-order valence-corrected chi connectivity index (χ3v) is 6.71. The summed E-state index contributed by atoms with van der Waals surface area (Å²) in [5, 5.41) is 10.2. The van der Waals surface area contributed by atoms with Crippen molar-refractivity contribution in [2.45, 2.75) is 39.2 Å². The highest BCUT2D eigenvalue weighted by Crippen LogP contribution is 2.24. The van der Waals surface area contributed by atoms with Crippen molar-refractivity contribution in [2.24, 2.45) is 5.92 Å². The quantitative estimate of drug-likeness (QED) is 0.470. The van der Waals surface area contributed by atoms with E-state index in [-0.39, 0.29) is 11.7 Å². The minimum atomic E-state index is -0.176. The molecule has 0 saturated carbocycles. The molecule has 6 nitrogen and oxygen atoms in total. The zero-order chi connectivity index (χ0) is 22.3. The number of rotatable bonds is 9. The van der Waals surface area contributed by atoms with Gasteiger partial charge in [-0.25, -0.2) is 4.39 Å². The van der Waals surface area contributed by atoms with Crippen LogP contribution in [0.25, 0.3) is 10.8 Å². The molecule has 32 heavy (non-hydrogen) atoms. The number of likely N-dealkylation sites (tertiary alicyclic amines) is 1. The summed E-state index contributed by atoms with van der Waals surface area (Å²) in [6, 6.07) is 10.8. The average Bonchev–Trinajstić information content (AvgIpc) is 3.47. The van der Waals surface area contributed by atoms with E-state index in [2.05, 4.69) is 22.0 Å². The Balaban J connectivity index is 1.28. The minimum absolute atomic E-state index is 0.0892. The largest absolute Gasteiger partial charge is 0.418 e. The van der Waals surface area contributed by atoms with Crippen LogP contribution in [0.15, 0.2) is 46.2 Å². The first-order valence-corrected chi connectivity index (χ1v) is 12.1. The number of hydrogen-bond donors (Lipinski definition) is 0. The second-order valence-electron chi connectivity index (χ2n) is 8.35. The van der Waals surface area contributed by atoms with E-state index in [4.69, 9.17) is 4.42 Å². The van der Waals surface area contributed by atoms with Crippen LogP contribution < -0.4 is 0 Å². The van der Waals surface area contributed by atoms with Gasteiger partial charge in [0.05, 0.1) is 18.0 Å². The summed E-state index contributed by atoms with van der Waals surface area (Å²) in [6.07, 6.45) is 3.80. The van der Waals surface area contributed by atoms with Crippen molar-refractivity contribution in [3.63, 3.8) is 0 Å². The highest BCUT2D eigenvalue weighted by molar-refractivity contribution is 7.13. The molecule has 8 heteroatoms. The Morgan fingerprint density at radius 1 is 1.25 bits per heavy atom. The summed E-state index contributed by atoms with van der Waals surface area (Å²) in [5.41, 5.74) is 1.05. The van der Waals surface area contributed by atoms with Gasteiger partial charge in [0.1, 0.15) is 5.82 Å². The van der Waals surface area contributed by atoms with Gasteiger partial charge in [0, 0.05) is 6.54 Å². The van der Waals surface area contributed by atoms with E-state index in [9.17, 15) is 9.18 Å². The fourth-order valence-electron chi connectivity index (χ4n) is 4.18. The van der Waals surface area contributed by atoms with Crippen LogP contribution in [0.1, 0.15) is 37.6 Å². The molecule has 0 radical (unpaired) electrons. The number of nitrogens with zero attached hydrogens (tertiary/aromatic N) is 4. The fourth-order valence-corrected chi connectivity index (χ4v) is 4.82. The number of piperidine rings is 1. The summed E-state index contributed by atoms with van der Waals surface area (Å²) in [4.78, 5) is 18.0. The van der Waals surface area contributed by atoms with E-state index in [1.165, 1.54) is 6.07 Å². The van der Waals surface area contributed by atoms with E-state index in [0.717, 1.165) is 49.2 Å². The van der Waals surface area contributed by atoms with Gasteiger partial charge in [-0.2, -0.15) is 0 Å². The minimum Gasteiger partial charge on any atom is -0.418 e. The highest BCUT2D eigenvalue weighted by atomic mass is 32.1. The lowest BCUT2D eigenvalue weighted by atomic mass is 9.90. The summed E-state index contributed by atoms with van der Waals surface area (Å²) in [6.45, 7) is 5.22. The normalized spacial score (nSPS) is 15.2. The lowest BCUT2D eigenvalue weighted by Gasteiger charge is -2.33. The van der Waals surface area contributed by atoms with Crippen molar-refractivity contribution >= 4 is 17.2 Å². The highest BCUT2D eigenvalue weighted by Gasteiger charge is 2.24. The van der Waals surface area contributed by atoms with Gasteiger partial charge in [0.2, 0.25) is 11.8 Å². The first kappa shape index (κ1) is 22.6. The van der Waals surface area contributed by atoms with E-state index in [0.29, 0.717) is 37.3 Å². The third kappa shape index (κ3) is 6.01. The zero-order valence-corrected chi connectivity index (χ0v) is 19.2. The topological polar surface area (TPSA) is 62.5 Å². The molecule has 170 valence electrons. The molecule has 3 aromatic rings. The molecule has 0 aliphatic carbocycles. The molecule has 1 aliphatic rings. The number of amides is 1. The number of carbonyl (C=O) groups is 1. The molecule has 0 unspecified atom stereocenters. The van der Waals surface area contributed by atoms with Crippen molar-refractivity contribution in [3.05, 3.63) is 59.0 Å². The van der Waals surface area contributed by atoms with Gasteiger partial charge in [-0.05, 0) is 73.8 Å². The molecular weight excluding hydrogens is 427 g/mol. The SMILES string of the molecule is CCCN(Cc1nnc(-c2cccs2)o1)C(=O)CN1CCC(Cc2cccc(F)c2)CC1. The van der Waals surface area contributed by atoms with Gasteiger partial charge in [-0.1, -0.05) is 25.1 Å². The van der Waals surface area contributed by atoms with Gasteiger partial charge in [-0.3, -0.25) is 9.69 Å². The molecule has 1 saturated heterocycles. The number of thiophene rings is 1. The Hall–Kier alpha value is -2.58. The van der Waals surface area contributed by atoms with E-state index >= 15 is 0 Å². The second kappa shape index (κ2) is 10.8. The van der Waals surface area contributed by atoms with Crippen LogP contribution in [0.5, 0.6) is 0 Å². The first-order chi connectivity index (χ1) is 15.6. The van der Waals surface area contributed by atoms with Crippen LogP contribution in [-0.4, -0.2) is 52.1 Å². The van der Waals surface area contributed by atoms with Crippen molar-refractivity contribution in [1.82, 2.24) is 20.0 Å². The molecule has 4 rings (SSSR count). The smallest absolute Gasteiger partial charge is 0.257 e. The first-order valence-electron chi connectivity index (χ1n) is 11.2. The fraction of sp³-hybridized carbons (Fsp3) is 0.458. The Bertz CT molecular complexity index is 999. The van der Waals surface area contributed by atoms with Crippen LogP contribution in [-0.2, 0) is 17.8 Å². The van der Waals surface area contributed by atoms with Crippen LogP contribution in [0.2, 0.25) is 0 Å². The average molecular weight is 457 g/mol. The van der Waals surface area contributed by atoms with Gasteiger partial charge in [0.25, 0.3) is 5.89 Å². The molecule has 0 spiro atoms. The lowest BCUT2D eigenvalue weighted by molar-refractivity contribution is -0.133. The molecule has 1 aromatic carbocycles. The van der Waals surface area contributed by atoms with Gasteiger partial charge in [-0.15, -0.1) is 21.5 Å². The van der Waals surface area contributed by atoms with Crippen LogP contribution in [0, 0.1) is 11.7 Å². The summed E-state index contributed by atoms with van der Waals surface area (Å²) >= 11 is 1.55. The molecule has 1 aliphatic heterocycles. The third-order valence-electron chi connectivity index (χ3n) is 5.85. The molecule has 1 fully saturated rings. The Morgan fingerprint density at radius 2 is 2.09 bits per heavy atom. The predicted octanol–water partition coefficient (Wildman–Crippen LogP) is 4.63. The van der Waals surface area contributed by atoms with Crippen molar-refractivity contribution in [2.75, 3.05) is 26.2 Å². The summed E-state index contributed by atoms with van der Waals surface area (Å²) in [7, 11) is 0.